The van der Waals surface area contributed by atoms with Gasteiger partial charge in [-0.1, -0.05) is 36.8 Å². The first kappa shape index (κ1) is 21.4. The predicted molar refractivity (Wildman–Crippen MR) is 107 cm³/mol. The van der Waals surface area contributed by atoms with Crippen LogP contribution in [-0.2, 0) is 20.8 Å². The number of aryl methyl sites for hydroxylation is 1. The molecule has 2 aliphatic rings. The molecule has 0 aromatic heterocycles. The van der Waals surface area contributed by atoms with Crippen molar-refractivity contribution in [2.75, 3.05) is 0 Å². The Morgan fingerprint density at radius 1 is 1.21 bits per heavy atom. The molecule has 3 rings (SSSR count). The highest BCUT2D eigenvalue weighted by Gasteiger charge is 2.50. The lowest BCUT2D eigenvalue weighted by atomic mass is 9.99. The summed E-state index contributed by atoms with van der Waals surface area (Å²) in [5.74, 6) is -2.31. The van der Waals surface area contributed by atoms with Crippen molar-refractivity contribution in [1.82, 2.24) is 9.71 Å². The number of carbonyl (C=O) groups excluding carboxylic acids is 1. The zero-order valence-electron chi connectivity index (χ0n) is 16.6. The first-order chi connectivity index (χ1) is 13.8. The van der Waals surface area contributed by atoms with Crippen LogP contribution in [0.1, 0.15) is 44.6 Å². The molecule has 2 radical (unpaired) electrons. The normalized spacial score (nSPS) is 25.6. The summed E-state index contributed by atoms with van der Waals surface area (Å²) in [4.78, 5) is 39.3. The minimum Gasteiger partial charge on any atom is -0.480 e. The van der Waals surface area contributed by atoms with Gasteiger partial charge in [0.15, 0.2) is 7.98 Å². The van der Waals surface area contributed by atoms with Crippen LogP contribution in [0.2, 0.25) is 0 Å². The smallest absolute Gasteiger partial charge is 0.326 e. The lowest BCUT2D eigenvalue weighted by molar-refractivity contribution is -0.152. The number of fused-ring (bicyclic) bond motifs is 1. The van der Waals surface area contributed by atoms with Crippen LogP contribution in [0.25, 0.3) is 0 Å². The molecule has 1 saturated heterocycles. The fourth-order valence-corrected chi connectivity index (χ4v) is 4.79. The lowest BCUT2D eigenvalue weighted by Gasteiger charge is -2.36. The fourth-order valence-electron chi connectivity index (χ4n) is 4.79. The average molecular weight is 398 g/mol. The van der Waals surface area contributed by atoms with Crippen LogP contribution in [0.15, 0.2) is 30.3 Å². The molecule has 2 fully saturated rings. The maximum atomic E-state index is 13.2. The van der Waals surface area contributed by atoms with Crippen LogP contribution in [0, 0.1) is 5.92 Å². The highest BCUT2D eigenvalue weighted by Crippen LogP contribution is 2.41. The van der Waals surface area contributed by atoms with E-state index in [9.17, 15) is 24.6 Å². The van der Waals surface area contributed by atoms with Gasteiger partial charge in [-0.05, 0) is 50.5 Å². The Labute approximate surface area is 172 Å². The highest BCUT2D eigenvalue weighted by molar-refractivity contribution is 6.08. The number of carbonyl (C=O) groups is 3. The molecule has 0 bridgehead atoms. The number of nitrogens with zero attached hydrogens (tertiary/aromatic N) is 2. The SMILES string of the molecule is [B]N([C@@H](C)C(=O)N1[C@H](C(=O)O)C[C@@H]2CCC[C@@H]21)[C@@H](CCc1ccccc1)C(=O)O. The Hall–Kier alpha value is -2.35. The second-order valence-corrected chi connectivity index (χ2v) is 8.10. The van der Waals surface area contributed by atoms with Crippen molar-refractivity contribution < 1.29 is 24.6 Å². The fraction of sp³-hybridized carbons (Fsp3) is 0.571. The number of carboxylic acid groups (broad SMARTS) is 2. The number of hydrogen-bond acceptors (Lipinski definition) is 4. The number of benzene rings is 1. The van der Waals surface area contributed by atoms with Crippen molar-refractivity contribution in [2.24, 2.45) is 5.92 Å². The van der Waals surface area contributed by atoms with Gasteiger partial charge in [0.05, 0.1) is 12.1 Å². The maximum absolute atomic E-state index is 13.2. The summed E-state index contributed by atoms with van der Waals surface area (Å²) in [6.07, 6.45) is 3.91. The van der Waals surface area contributed by atoms with Gasteiger partial charge < -0.3 is 19.9 Å². The van der Waals surface area contributed by atoms with Crippen molar-refractivity contribution >= 4 is 25.8 Å². The van der Waals surface area contributed by atoms with Gasteiger partial charge in [0.2, 0.25) is 5.91 Å². The van der Waals surface area contributed by atoms with E-state index >= 15 is 0 Å². The van der Waals surface area contributed by atoms with Crippen molar-refractivity contribution in [3.8, 4) is 0 Å². The third-order valence-electron chi connectivity index (χ3n) is 6.38. The van der Waals surface area contributed by atoms with Gasteiger partial charge in [-0.25, -0.2) is 4.79 Å². The molecule has 0 unspecified atom stereocenters. The second-order valence-electron chi connectivity index (χ2n) is 8.10. The summed E-state index contributed by atoms with van der Waals surface area (Å²) >= 11 is 0. The molecule has 0 spiro atoms. The number of aliphatic carboxylic acids is 2. The van der Waals surface area contributed by atoms with Crippen molar-refractivity contribution in [3.05, 3.63) is 35.9 Å². The molecule has 1 saturated carbocycles. The third-order valence-corrected chi connectivity index (χ3v) is 6.38. The van der Waals surface area contributed by atoms with Crippen molar-refractivity contribution in [1.29, 1.82) is 0 Å². The summed E-state index contributed by atoms with van der Waals surface area (Å²) in [6, 6.07) is 6.57. The van der Waals surface area contributed by atoms with Gasteiger partial charge in [0.1, 0.15) is 6.04 Å². The van der Waals surface area contributed by atoms with E-state index in [-0.39, 0.29) is 18.4 Å². The Morgan fingerprint density at radius 3 is 2.52 bits per heavy atom. The average Bonchev–Trinajstić information content (AvgIpc) is 3.28. The predicted octanol–water partition coefficient (Wildman–Crippen LogP) is 1.70. The molecule has 1 amide bonds. The Kier molecular flexibility index (Phi) is 6.62. The van der Waals surface area contributed by atoms with Crippen LogP contribution in [-0.4, -0.2) is 69.9 Å². The van der Waals surface area contributed by atoms with E-state index in [2.05, 4.69) is 0 Å². The van der Waals surface area contributed by atoms with E-state index in [0.29, 0.717) is 12.8 Å². The van der Waals surface area contributed by atoms with E-state index < -0.39 is 36.0 Å². The van der Waals surface area contributed by atoms with Crippen molar-refractivity contribution in [2.45, 2.75) is 69.6 Å². The van der Waals surface area contributed by atoms with E-state index in [1.54, 1.807) is 6.92 Å². The zero-order valence-corrected chi connectivity index (χ0v) is 16.6. The molecule has 1 aliphatic heterocycles. The van der Waals surface area contributed by atoms with Crippen LogP contribution >= 0.6 is 0 Å². The number of likely N-dealkylation sites (tertiary alicyclic amines) is 1. The zero-order chi connectivity index (χ0) is 21.1. The minimum absolute atomic E-state index is 0.0907. The topological polar surface area (TPSA) is 98.2 Å². The quantitative estimate of drug-likeness (QED) is 0.647. The van der Waals surface area contributed by atoms with Crippen molar-refractivity contribution in [3.63, 3.8) is 0 Å². The third kappa shape index (κ3) is 4.47. The molecular weight excluding hydrogens is 371 g/mol. The van der Waals surface area contributed by atoms with Gasteiger partial charge in [0, 0.05) is 6.04 Å². The first-order valence-corrected chi connectivity index (χ1v) is 10.2. The molecule has 1 aromatic carbocycles. The molecule has 5 atom stereocenters. The first-order valence-electron chi connectivity index (χ1n) is 10.2. The number of carboxylic acids is 2. The summed E-state index contributed by atoms with van der Waals surface area (Å²) in [5, 5.41) is 19.3. The summed E-state index contributed by atoms with van der Waals surface area (Å²) in [5.41, 5.74) is 0.991. The van der Waals surface area contributed by atoms with Crippen LogP contribution < -0.4 is 0 Å². The maximum Gasteiger partial charge on any atom is 0.326 e. The molecule has 8 heteroatoms. The van der Waals surface area contributed by atoms with E-state index in [0.717, 1.165) is 29.6 Å². The molecule has 2 N–H and O–H groups in total. The van der Waals surface area contributed by atoms with Gasteiger partial charge in [-0.3, -0.25) is 9.59 Å². The molecule has 7 nitrogen and oxygen atoms in total. The highest BCUT2D eigenvalue weighted by atomic mass is 16.4. The second kappa shape index (κ2) is 8.99. The summed E-state index contributed by atoms with van der Waals surface area (Å²) in [7, 11) is 6.11. The molecule has 29 heavy (non-hydrogen) atoms. The number of hydrogen-bond donors (Lipinski definition) is 2. The minimum atomic E-state index is -1.10. The standard InChI is InChI=1S/C21H27BN2O5/c1-13(19(25)23-16-9-5-8-15(16)12-18(23)21(28)29)24(22)17(20(26)27)11-10-14-6-3-2-4-7-14/h2-4,6-7,13,15-18H,5,8-12H2,1H3,(H,26,27)(H,28,29)/t13-,15-,16-,17-,18-/m0/s1. The lowest BCUT2D eigenvalue weighted by Crippen LogP contribution is -2.56. The van der Waals surface area contributed by atoms with Gasteiger partial charge in [-0.2, -0.15) is 0 Å². The molecule has 1 heterocycles. The van der Waals surface area contributed by atoms with E-state index in [1.165, 1.54) is 4.90 Å². The molecular formula is C21H27BN2O5. The van der Waals surface area contributed by atoms with Crippen LogP contribution in [0.5, 0.6) is 0 Å². The monoisotopic (exact) mass is 398 g/mol. The van der Waals surface area contributed by atoms with Crippen LogP contribution in [0.4, 0.5) is 0 Å². The number of amides is 1. The Bertz CT molecular complexity index is 759. The van der Waals surface area contributed by atoms with Gasteiger partial charge in [-0.15, -0.1) is 0 Å². The van der Waals surface area contributed by atoms with E-state index in [1.807, 2.05) is 30.3 Å². The molecule has 154 valence electrons. The summed E-state index contributed by atoms with van der Waals surface area (Å²) < 4.78 is 0. The van der Waals surface area contributed by atoms with E-state index in [4.69, 9.17) is 7.98 Å². The Morgan fingerprint density at radius 2 is 1.90 bits per heavy atom. The largest absolute Gasteiger partial charge is 0.480 e. The van der Waals surface area contributed by atoms with Crippen LogP contribution in [0.3, 0.4) is 0 Å². The van der Waals surface area contributed by atoms with Gasteiger partial charge >= 0.3 is 11.9 Å². The summed E-state index contributed by atoms with van der Waals surface area (Å²) in [6.45, 7) is 1.56. The number of rotatable bonds is 8. The molecule has 1 aromatic rings. The molecule has 1 aliphatic carbocycles. The Balaban J connectivity index is 1.72. The van der Waals surface area contributed by atoms with Gasteiger partial charge in [0.25, 0.3) is 0 Å².